The molecule has 10 rings (SSSR count). The van der Waals surface area contributed by atoms with Crippen LogP contribution in [-0.2, 0) is 0 Å². The van der Waals surface area contributed by atoms with Crippen LogP contribution in [-0.4, -0.2) is 14.5 Å². The highest BCUT2D eigenvalue weighted by Gasteiger charge is 2.17. The standard InChI is InChI=1S/C50H33N3/c1-3-15-34(16-4-1)36-19-13-21-38(31-36)46-33-47(52-50(51-46)35-17-5-2-6-18-35)43-30-29-40(41-23-7-8-24-42(41)43)37-20-14-22-39(32-37)53-48-27-11-9-25-44(48)45-26-10-12-28-49(45)53/h1-33H. The molecule has 0 bridgehead atoms. The lowest BCUT2D eigenvalue weighted by molar-refractivity contribution is 1.18. The molecule has 0 saturated heterocycles. The molecule has 3 nitrogen and oxygen atoms in total. The molecule has 0 fully saturated rings. The first-order chi connectivity index (χ1) is 26.3. The molecule has 0 aliphatic rings. The fraction of sp³-hybridized carbons (Fsp3) is 0. The predicted octanol–water partition coefficient (Wildman–Crippen LogP) is 13.1. The number of nitrogens with zero attached hydrogens (tertiary/aromatic N) is 3. The third-order valence-electron chi connectivity index (χ3n) is 10.2. The zero-order valence-electron chi connectivity index (χ0n) is 28.9. The molecule has 0 spiro atoms. The highest BCUT2D eigenvalue weighted by Crippen LogP contribution is 2.39. The molecular formula is C50H33N3. The minimum atomic E-state index is 0.704. The van der Waals surface area contributed by atoms with E-state index in [1.807, 2.05) is 24.3 Å². The number of rotatable bonds is 6. The molecule has 2 heterocycles. The number of hydrogen-bond donors (Lipinski definition) is 0. The maximum absolute atomic E-state index is 5.22. The molecule has 248 valence electrons. The first-order valence-corrected chi connectivity index (χ1v) is 18.0. The molecule has 0 atom stereocenters. The molecule has 53 heavy (non-hydrogen) atoms. The van der Waals surface area contributed by atoms with Gasteiger partial charge in [-0.05, 0) is 69.4 Å². The summed E-state index contributed by atoms with van der Waals surface area (Å²) < 4.78 is 2.38. The van der Waals surface area contributed by atoms with Crippen molar-refractivity contribution < 1.29 is 0 Å². The summed E-state index contributed by atoms with van der Waals surface area (Å²) in [6, 6.07) is 70.9. The van der Waals surface area contributed by atoms with Gasteiger partial charge >= 0.3 is 0 Å². The zero-order chi connectivity index (χ0) is 35.1. The zero-order valence-corrected chi connectivity index (χ0v) is 28.9. The summed E-state index contributed by atoms with van der Waals surface area (Å²) >= 11 is 0. The van der Waals surface area contributed by atoms with Crippen molar-refractivity contribution in [2.24, 2.45) is 0 Å². The predicted molar refractivity (Wildman–Crippen MR) is 221 cm³/mol. The monoisotopic (exact) mass is 675 g/mol. The Kier molecular flexibility index (Phi) is 7.47. The molecule has 2 aromatic heterocycles. The van der Waals surface area contributed by atoms with Crippen molar-refractivity contribution in [2.45, 2.75) is 0 Å². The van der Waals surface area contributed by atoms with Crippen LogP contribution in [0.2, 0.25) is 0 Å². The Morgan fingerprint density at radius 1 is 0.302 bits per heavy atom. The van der Waals surface area contributed by atoms with E-state index in [1.165, 1.54) is 38.3 Å². The average molecular weight is 676 g/mol. The van der Waals surface area contributed by atoms with E-state index in [-0.39, 0.29) is 0 Å². The Labute approximate surface area is 308 Å². The van der Waals surface area contributed by atoms with Crippen LogP contribution in [0.15, 0.2) is 200 Å². The van der Waals surface area contributed by atoms with Crippen molar-refractivity contribution in [3.8, 4) is 61.8 Å². The van der Waals surface area contributed by atoms with Gasteiger partial charge in [0.2, 0.25) is 0 Å². The third-order valence-corrected chi connectivity index (χ3v) is 10.2. The maximum atomic E-state index is 5.22. The van der Waals surface area contributed by atoms with Crippen LogP contribution in [0.3, 0.4) is 0 Å². The molecule has 0 radical (unpaired) electrons. The highest BCUT2D eigenvalue weighted by atomic mass is 15.0. The SMILES string of the molecule is c1ccc(-c2cccc(-c3cc(-c4ccc(-c5cccc(-n6c7ccccc7c7ccccc76)c5)c5ccccc45)nc(-c4ccccc4)n3)c2)cc1. The molecule has 0 saturated carbocycles. The van der Waals surface area contributed by atoms with Crippen LogP contribution in [0.4, 0.5) is 0 Å². The van der Waals surface area contributed by atoms with Gasteiger partial charge in [0.25, 0.3) is 0 Å². The average Bonchev–Trinajstić information content (AvgIpc) is 3.58. The van der Waals surface area contributed by atoms with Gasteiger partial charge in [0, 0.05) is 33.2 Å². The Bertz CT molecular complexity index is 2890. The van der Waals surface area contributed by atoms with E-state index >= 15 is 0 Å². The Morgan fingerprint density at radius 2 is 0.811 bits per heavy atom. The maximum Gasteiger partial charge on any atom is 0.160 e. The van der Waals surface area contributed by atoms with Crippen molar-refractivity contribution >= 4 is 32.6 Å². The normalized spacial score (nSPS) is 11.4. The Balaban J connectivity index is 1.13. The molecule has 10 aromatic rings. The topological polar surface area (TPSA) is 30.7 Å². The molecule has 0 N–H and O–H groups in total. The Morgan fingerprint density at radius 3 is 1.53 bits per heavy atom. The van der Waals surface area contributed by atoms with Gasteiger partial charge in [0.15, 0.2) is 5.82 Å². The van der Waals surface area contributed by atoms with Gasteiger partial charge in [-0.1, -0.05) is 164 Å². The number of fused-ring (bicyclic) bond motifs is 4. The quantitative estimate of drug-likeness (QED) is 0.176. The van der Waals surface area contributed by atoms with Crippen LogP contribution < -0.4 is 0 Å². The van der Waals surface area contributed by atoms with E-state index in [0.29, 0.717) is 5.82 Å². The first-order valence-electron chi connectivity index (χ1n) is 18.0. The molecule has 3 heteroatoms. The molecule has 0 aliphatic carbocycles. The van der Waals surface area contributed by atoms with Gasteiger partial charge in [0.05, 0.1) is 22.4 Å². The second-order valence-corrected chi connectivity index (χ2v) is 13.4. The lowest BCUT2D eigenvalue weighted by atomic mass is 9.93. The van der Waals surface area contributed by atoms with Gasteiger partial charge in [-0.25, -0.2) is 9.97 Å². The minimum absolute atomic E-state index is 0.704. The van der Waals surface area contributed by atoms with E-state index in [0.717, 1.165) is 50.3 Å². The van der Waals surface area contributed by atoms with Gasteiger partial charge in [-0.3, -0.25) is 0 Å². The van der Waals surface area contributed by atoms with Crippen molar-refractivity contribution in [1.29, 1.82) is 0 Å². The van der Waals surface area contributed by atoms with Crippen LogP contribution in [0.5, 0.6) is 0 Å². The number of benzene rings is 8. The Hall–Kier alpha value is -7.10. The van der Waals surface area contributed by atoms with E-state index in [9.17, 15) is 0 Å². The first kappa shape index (κ1) is 30.7. The second-order valence-electron chi connectivity index (χ2n) is 13.4. The van der Waals surface area contributed by atoms with Gasteiger partial charge < -0.3 is 4.57 Å². The summed E-state index contributed by atoms with van der Waals surface area (Å²) in [7, 11) is 0. The third kappa shape index (κ3) is 5.47. The molecule has 0 aliphatic heterocycles. The van der Waals surface area contributed by atoms with Crippen LogP contribution in [0, 0.1) is 0 Å². The smallest absolute Gasteiger partial charge is 0.160 e. The van der Waals surface area contributed by atoms with E-state index in [2.05, 4.69) is 180 Å². The second kappa shape index (κ2) is 12.9. The highest BCUT2D eigenvalue weighted by molar-refractivity contribution is 6.09. The minimum Gasteiger partial charge on any atom is -0.309 e. The fourth-order valence-electron chi connectivity index (χ4n) is 7.73. The summed E-state index contributed by atoms with van der Waals surface area (Å²) in [5, 5.41) is 4.84. The van der Waals surface area contributed by atoms with E-state index < -0.39 is 0 Å². The fourth-order valence-corrected chi connectivity index (χ4v) is 7.73. The van der Waals surface area contributed by atoms with Crippen molar-refractivity contribution in [3.63, 3.8) is 0 Å². The van der Waals surface area contributed by atoms with Crippen LogP contribution in [0.1, 0.15) is 0 Å². The molecule has 0 unspecified atom stereocenters. The summed E-state index contributed by atoms with van der Waals surface area (Å²) in [5.41, 5.74) is 13.1. The van der Waals surface area contributed by atoms with Gasteiger partial charge in [0.1, 0.15) is 0 Å². The number of aromatic nitrogens is 3. The summed E-state index contributed by atoms with van der Waals surface area (Å²) in [6.45, 7) is 0. The lowest BCUT2D eigenvalue weighted by Crippen LogP contribution is -1.97. The summed E-state index contributed by atoms with van der Waals surface area (Å²) in [5.74, 6) is 0.704. The molecular weight excluding hydrogens is 643 g/mol. The summed E-state index contributed by atoms with van der Waals surface area (Å²) in [4.78, 5) is 10.4. The summed E-state index contributed by atoms with van der Waals surface area (Å²) in [6.07, 6.45) is 0. The molecule has 0 amide bonds. The van der Waals surface area contributed by atoms with Crippen LogP contribution in [0.25, 0.3) is 94.4 Å². The van der Waals surface area contributed by atoms with E-state index in [1.54, 1.807) is 0 Å². The number of para-hydroxylation sites is 2. The van der Waals surface area contributed by atoms with Gasteiger partial charge in [-0.2, -0.15) is 0 Å². The molecule has 8 aromatic carbocycles. The van der Waals surface area contributed by atoms with E-state index in [4.69, 9.17) is 9.97 Å². The van der Waals surface area contributed by atoms with Crippen molar-refractivity contribution in [2.75, 3.05) is 0 Å². The van der Waals surface area contributed by atoms with Crippen LogP contribution >= 0.6 is 0 Å². The van der Waals surface area contributed by atoms with Crippen molar-refractivity contribution in [1.82, 2.24) is 14.5 Å². The van der Waals surface area contributed by atoms with Crippen molar-refractivity contribution in [3.05, 3.63) is 200 Å². The van der Waals surface area contributed by atoms with Gasteiger partial charge in [-0.15, -0.1) is 0 Å². The number of hydrogen-bond acceptors (Lipinski definition) is 2. The largest absolute Gasteiger partial charge is 0.309 e. The lowest BCUT2D eigenvalue weighted by Gasteiger charge is -2.15.